The van der Waals surface area contributed by atoms with Crippen LogP contribution in [0, 0.1) is 0 Å². The minimum absolute atomic E-state index is 0.111. The van der Waals surface area contributed by atoms with Crippen LogP contribution in [0.25, 0.3) is 0 Å². The largest absolute Gasteiger partial charge is 0.495 e. The number of carbonyl (C=O) groups is 1. The van der Waals surface area contributed by atoms with Gasteiger partial charge in [-0.3, -0.25) is 4.79 Å². The van der Waals surface area contributed by atoms with Crippen molar-refractivity contribution in [2.75, 3.05) is 13.7 Å². The molecule has 0 spiro atoms. The second kappa shape index (κ2) is 6.07. The molecule has 4 nitrogen and oxygen atoms in total. The molecule has 0 radical (unpaired) electrons. The highest BCUT2D eigenvalue weighted by Crippen LogP contribution is 2.25. The van der Waals surface area contributed by atoms with E-state index in [1.165, 1.54) is 7.11 Å². The van der Waals surface area contributed by atoms with E-state index in [4.69, 9.17) is 16.3 Å². The first-order valence-electron chi connectivity index (χ1n) is 5.72. The van der Waals surface area contributed by atoms with Gasteiger partial charge in [-0.1, -0.05) is 18.5 Å². The molecule has 0 unspecified atom stereocenters. The summed E-state index contributed by atoms with van der Waals surface area (Å²) < 4.78 is 5.06. The maximum absolute atomic E-state index is 12.0. The topological polar surface area (TPSA) is 58.6 Å². The van der Waals surface area contributed by atoms with Crippen LogP contribution >= 0.6 is 11.6 Å². The van der Waals surface area contributed by atoms with Crippen molar-refractivity contribution in [2.45, 2.75) is 25.8 Å². The van der Waals surface area contributed by atoms with Gasteiger partial charge in [0, 0.05) is 5.56 Å². The van der Waals surface area contributed by atoms with Crippen molar-refractivity contribution in [1.29, 1.82) is 0 Å². The zero-order valence-corrected chi connectivity index (χ0v) is 11.5. The average molecular weight is 272 g/mol. The van der Waals surface area contributed by atoms with Crippen LogP contribution in [0.4, 0.5) is 0 Å². The fourth-order valence-corrected chi connectivity index (χ4v) is 1.58. The zero-order valence-electron chi connectivity index (χ0n) is 10.8. The normalized spacial score (nSPS) is 13.8. The number of aliphatic hydroxyl groups excluding tert-OH is 1. The van der Waals surface area contributed by atoms with Crippen LogP contribution in [0.3, 0.4) is 0 Å². The minimum atomic E-state index is -0.621. The third-order valence-corrected chi connectivity index (χ3v) is 3.27. The van der Waals surface area contributed by atoms with Gasteiger partial charge in [-0.25, -0.2) is 0 Å². The Morgan fingerprint density at radius 2 is 2.22 bits per heavy atom. The summed E-state index contributed by atoms with van der Waals surface area (Å²) in [6.07, 6.45) is 0.639. The average Bonchev–Trinajstić information content (AvgIpc) is 2.39. The molecule has 5 heteroatoms. The molecule has 100 valence electrons. The van der Waals surface area contributed by atoms with Gasteiger partial charge in [-0.2, -0.15) is 0 Å². The summed E-state index contributed by atoms with van der Waals surface area (Å²) in [6.45, 7) is 3.58. The second-order valence-electron chi connectivity index (χ2n) is 4.38. The predicted octanol–water partition coefficient (Wildman–Crippen LogP) is 2.24. The van der Waals surface area contributed by atoms with Crippen LogP contribution in [-0.2, 0) is 0 Å². The van der Waals surface area contributed by atoms with Gasteiger partial charge in [0.15, 0.2) is 0 Å². The highest BCUT2D eigenvalue weighted by Gasteiger charge is 2.24. The van der Waals surface area contributed by atoms with Crippen molar-refractivity contribution < 1.29 is 14.6 Å². The lowest BCUT2D eigenvalue weighted by Gasteiger charge is -2.27. The van der Waals surface area contributed by atoms with Crippen LogP contribution in [0.2, 0.25) is 5.02 Å². The number of nitrogens with one attached hydrogen (secondary N) is 1. The Balaban J connectivity index is 2.91. The smallest absolute Gasteiger partial charge is 0.251 e. The van der Waals surface area contributed by atoms with Crippen molar-refractivity contribution in [3.05, 3.63) is 28.8 Å². The number of hydrogen-bond donors (Lipinski definition) is 2. The van der Waals surface area contributed by atoms with E-state index in [2.05, 4.69) is 5.32 Å². The maximum Gasteiger partial charge on any atom is 0.251 e. The molecule has 1 aromatic carbocycles. The van der Waals surface area contributed by atoms with Crippen molar-refractivity contribution in [3.63, 3.8) is 0 Å². The molecule has 0 saturated heterocycles. The van der Waals surface area contributed by atoms with Gasteiger partial charge < -0.3 is 15.2 Å². The molecule has 0 aromatic heterocycles. The van der Waals surface area contributed by atoms with E-state index in [0.29, 0.717) is 22.8 Å². The molecule has 0 fully saturated rings. The summed E-state index contributed by atoms with van der Waals surface area (Å²) in [5.41, 5.74) is -0.173. The molecule has 1 atom stereocenters. The van der Waals surface area contributed by atoms with Gasteiger partial charge in [0.25, 0.3) is 5.91 Å². The van der Waals surface area contributed by atoms with Crippen molar-refractivity contribution in [2.24, 2.45) is 0 Å². The molecular formula is C13H18ClNO3. The first-order chi connectivity index (χ1) is 8.45. The Hall–Kier alpha value is -1.26. The van der Waals surface area contributed by atoms with Crippen LogP contribution in [0.15, 0.2) is 18.2 Å². The Labute approximate surface area is 112 Å². The monoisotopic (exact) mass is 271 g/mol. The number of halogens is 1. The Kier molecular flexibility index (Phi) is 4.99. The molecule has 18 heavy (non-hydrogen) atoms. The third-order valence-electron chi connectivity index (χ3n) is 2.96. The van der Waals surface area contributed by atoms with E-state index in [1.807, 2.05) is 6.92 Å². The van der Waals surface area contributed by atoms with Gasteiger partial charge in [-0.05, 0) is 31.5 Å². The molecule has 2 N–H and O–H groups in total. The van der Waals surface area contributed by atoms with Gasteiger partial charge in [-0.15, -0.1) is 0 Å². The van der Waals surface area contributed by atoms with Crippen molar-refractivity contribution in [1.82, 2.24) is 5.32 Å². The quantitative estimate of drug-likeness (QED) is 0.863. The lowest BCUT2D eigenvalue weighted by Crippen LogP contribution is -2.48. The highest BCUT2D eigenvalue weighted by atomic mass is 35.5. The molecule has 0 bridgehead atoms. The first-order valence-corrected chi connectivity index (χ1v) is 6.10. The highest BCUT2D eigenvalue weighted by molar-refractivity contribution is 6.32. The van der Waals surface area contributed by atoms with Crippen molar-refractivity contribution >= 4 is 17.5 Å². The van der Waals surface area contributed by atoms with Crippen LogP contribution in [-0.4, -0.2) is 30.3 Å². The predicted molar refractivity (Wildman–Crippen MR) is 71.3 cm³/mol. The summed E-state index contributed by atoms with van der Waals surface area (Å²) in [4.78, 5) is 12.0. The Morgan fingerprint density at radius 1 is 1.56 bits per heavy atom. The number of amides is 1. The Bertz CT molecular complexity index is 430. The number of methoxy groups -OCH3 is 1. The van der Waals surface area contributed by atoms with Gasteiger partial charge >= 0.3 is 0 Å². The fourth-order valence-electron chi connectivity index (χ4n) is 1.39. The third kappa shape index (κ3) is 3.37. The summed E-state index contributed by atoms with van der Waals surface area (Å²) in [5.74, 6) is 0.190. The molecule has 0 heterocycles. The molecule has 1 amide bonds. The molecule has 0 saturated carbocycles. The number of carbonyl (C=O) groups excluding carboxylic acids is 1. The lowest BCUT2D eigenvalue weighted by atomic mass is 9.99. The number of rotatable bonds is 5. The van der Waals surface area contributed by atoms with E-state index < -0.39 is 5.54 Å². The summed E-state index contributed by atoms with van der Waals surface area (Å²) in [7, 11) is 1.49. The van der Waals surface area contributed by atoms with E-state index in [9.17, 15) is 9.90 Å². The summed E-state index contributed by atoms with van der Waals surface area (Å²) >= 11 is 5.89. The minimum Gasteiger partial charge on any atom is -0.495 e. The summed E-state index contributed by atoms with van der Waals surface area (Å²) in [6, 6.07) is 4.80. The molecule has 0 aliphatic carbocycles. The number of benzene rings is 1. The second-order valence-corrected chi connectivity index (χ2v) is 4.78. The van der Waals surface area contributed by atoms with Gasteiger partial charge in [0.1, 0.15) is 5.75 Å². The van der Waals surface area contributed by atoms with Gasteiger partial charge in [0.2, 0.25) is 0 Å². The maximum atomic E-state index is 12.0. The molecule has 1 aromatic rings. The lowest BCUT2D eigenvalue weighted by molar-refractivity contribution is 0.0847. The zero-order chi connectivity index (χ0) is 13.8. The molecule has 0 aliphatic rings. The van der Waals surface area contributed by atoms with E-state index in [0.717, 1.165) is 0 Å². The van der Waals surface area contributed by atoms with E-state index >= 15 is 0 Å². The SMILES string of the molecule is CC[C@@](C)(CO)NC(=O)c1ccc(Cl)c(OC)c1. The molecular weight excluding hydrogens is 254 g/mol. The number of ether oxygens (including phenoxy) is 1. The van der Waals surface area contributed by atoms with Crippen LogP contribution in [0.1, 0.15) is 30.6 Å². The van der Waals surface area contributed by atoms with E-state index in [-0.39, 0.29) is 12.5 Å². The molecule has 1 rings (SSSR count). The standard InChI is InChI=1S/C13H18ClNO3/c1-4-13(2,8-16)15-12(17)9-5-6-10(14)11(7-9)18-3/h5-7,16H,4,8H2,1-3H3,(H,15,17)/t13-/m0/s1. The number of aliphatic hydroxyl groups is 1. The van der Waals surface area contributed by atoms with Crippen LogP contribution < -0.4 is 10.1 Å². The Morgan fingerprint density at radius 3 is 2.72 bits per heavy atom. The van der Waals surface area contributed by atoms with E-state index in [1.54, 1.807) is 25.1 Å². The molecule has 0 aliphatic heterocycles. The summed E-state index contributed by atoms with van der Waals surface area (Å²) in [5, 5.41) is 12.5. The van der Waals surface area contributed by atoms with Crippen LogP contribution in [0.5, 0.6) is 5.75 Å². The fraction of sp³-hybridized carbons (Fsp3) is 0.462. The first kappa shape index (κ1) is 14.8. The van der Waals surface area contributed by atoms with Crippen molar-refractivity contribution in [3.8, 4) is 5.75 Å². The van der Waals surface area contributed by atoms with Gasteiger partial charge in [0.05, 0.1) is 24.3 Å². The number of hydrogen-bond acceptors (Lipinski definition) is 3.